The van der Waals surface area contributed by atoms with Gasteiger partial charge < -0.3 is 15.5 Å². The van der Waals surface area contributed by atoms with E-state index in [0.29, 0.717) is 30.8 Å². The molecular formula is C21H23N3O3. The van der Waals surface area contributed by atoms with E-state index in [9.17, 15) is 14.4 Å². The number of urea groups is 1. The second-order valence-corrected chi connectivity index (χ2v) is 6.62. The van der Waals surface area contributed by atoms with Crippen molar-refractivity contribution in [3.63, 3.8) is 0 Å². The lowest BCUT2D eigenvalue weighted by Gasteiger charge is -2.24. The zero-order valence-electron chi connectivity index (χ0n) is 15.3. The van der Waals surface area contributed by atoms with E-state index < -0.39 is 6.04 Å². The summed E-state index contributed by atoms with van der Waals surface area (Å²) in [7, 11) is 0. The summed E-state index contributed by atoms with van der Waals surface area (Å²) in [5.74, 6) is -0.213. The number of anilines is 1. The van der Waals surface area contributed by atoms with Crippen molar-refractivity contribution in [2.75, 3.05) is 11.9 Å². The second kappa shape index (κ2) is 8.49. The van der Waals surface area contributed by atoms with Gasteiger partial charge in [-0.15, -0.1) is 0 Å². The molecule has 27 heavy (non-hydrogen) atoms. The van der Waals surface area contributed by atoms with Crippen molar-refractivity contribution < 1.29 is 14.4 Å². The largest absolute Gasteiger partial charge is 0.350 e. The molecule has 1 aliphatic heterocycles. The minimum atomic E-state index is -0.482. The van der Waals surface area contributed by atoms with Crippen LogP contribution in [0.1, 0.15) is 35.7 Å². The maximum absolute atomic E-state index is 12.6. The fraction of sp³-hybridized carbons (Fsp3) is 0.286. The lowest BCUT2D eigenvalue weighted by molar-refractivity contribution is -0.124. The molecule has 1 aliphatic rings. The first-order valence-electron chi connectivity index (χ1n) is 9.05. The highest BCUT2D eigenvalue weighted by atomic mass is 16.2. The highest BCUT2D eigenvalue weighted by Gasteiger charge is 2.34. The van der Waals surface area contributed by atoms with Gasteiger partial charge in [-0.05, 0) is 37.5 Å². The summed E-state index contributed by atoms with van der Waals surface area (Å²) in [5.41, 5.74) is 2.09. The molecular weight excluding hydrogens is 342 g/mol. The number of amides is 3. The van der Waals surface area contributed by atoms with Gasteiger partial charge in [-0.25, -0.2) is 4.79 Å². The van der Waals surface area contributed by atoms with Crippen molar-refractivity contribution >= 4 is 23.4 Å². The SMILES string of the molecule is CC(=O)c1cccc(NC(=O)N2CCC[C@@H]2C(=O)NCc2ccccc2)c1. The Kier molecular flexibility index (Phi) is 5.86. The van der Waals surface area contributed by atoms with Crippen LogP contribution in [0.3, 0.4) is 0 Å². The average Bonchev–Trinajstić information content (AvgIpc) is 3.17. The normalized spacial score (nSPS) is 16.0. The van der Waals surface area contributed by atoms with Gasteiger partial charge in [-0.3, -0.25) is 9.59 Å². The van der Waals surface area contributed by atoms with E-state index in [1.165, 1.54) is 6.92 Å². The number of hydrogen-bond donors (Lipinski definition) is 2. The Morgan fingerprint density at radius 3 is 2.59 bits per heavy atom. The molecule has 0 aromatic heterocycles. The van der Waals surface area contributed by atoms with Crippen molar-refractivity contribution in [3.8, 4) is 0 Å². The first kappa shape index (κ1) is 18.6. The standard InChI is InChI=1S/C21H23N3O3/c1-15(25)17-9-5-10-18(13-17)23-21(27)24-12-6-11-19(24)20(26)22-14-16-7-3-2-4-8-16/h2-5,7-10,13,19H,6,11-12,14H2,1H3,(H,22,26)(H,23,27)/t19-/m1/s1. The average molecular weight is 365 g/mol. The molecule has 2 aromatic rings. The van der Waals surface area contributed by atoms with Crippen molar-refractivity contribution in [2.45, 2.75) is 32.4 Å². The molecule has 140 valence electrons. The molecule has 2 N–H and O–H groups in total. The summed E-state index contributed by atoms with van der Waals surface area (Å²) in [4.78, 5) is 38.2. The van der Waals surface area contributed by atoms with Gasteiger partial charge in [0, 0.05) is 24.3 Å². The third-order valence-corrected chi connectivity index (χ3v) is 4.65. The van der Waals surface area contributed by atoms with Crippen molar-refractivity contribution in [2.24, 2.45) is 0 Å². The van der Waals surface area contributed by atoms with Crippen LogP contribution in [0.4, 0.5) is 10.5 Å². The van der Waals surface area contributed by atoms with E-state index in [2.05, 4.69) is 10.6 Å². The molecule has 1 saturated heterocycles. The van der Waals surface area contributed by atoms with Gasteiger partial charge in [0.2, 0.25) is 5.91 Å². The van der Waals surface area contributed by atoms with Gasteiger partial charge in [0.25, 0.3) is 0 Å². The summed E-state index contributed by atoms with van der Waals surface area (Å²) in [6.45, 7) is 2.45. The molecule has 3 rings (SSSR count). The minimum Gasteiger partial charge on any atom is -0.350 e. The zero-order chi connectivity index (χ0) is 19.2. The first-order valence-corrected chi connectivity index (χ1v) is 9.05. The number of carbonyl (C=O) groups excluding carboxylic acids is 3. The quantitative estimate of drug-likeness (QED) is 0.799. The van der Waals surface area contributed by atoms with Crippen LogP contribution < -0.4 is 10.6 Å². The van der Waals surface area contributed by atoms with Crippen LogP contribution in [0.15, 0.2) is 54.6 Å². The van der Waals surface area contributed by atoms with Crippen LogP contribution in [0, 0.1) is 0 Å². The van der Waals surface area contributed by atoms with Gasteiger partial charge in [-0.1, -0.05) is 42.5 Å². The first-order chi connectivity index (χ1) is 13.0. The van der Waals surface area contributed by atoms with Gasteiger partial charge in [0.15, 0.2) is 5.78 Å². The summed E-state index contributed by atoms with van der Waals surface area (Å²) < 4.78 is 0. The Labute approximate surface area is 158 Å². The maximum atomic E-state index is 12.6. The zero-order valence-corrected chi connectivity index (χ0v) is 15.3. The van der Waals surface area contributed by atoms with Crippen molar-refractivity contribution in [3.05, 3.63) is 65.7 Å². The lowest BCUT2D eigenvalue weighted by atomic mass is 10.1. The molecule has 0 radical (unpaired) electrons. The number of Topliss-reactive ketones (excluding diaryl/α,β-unsaturated/α-hetero) is 1. The van der Waals surface area contributed by atoms with Crippen LogP contribution in [0.25, 0.3) is 0 Å². The number of nitrogens with zero attached hydrogens (tertiary/aromatic N) is 1. The summed E-state index contributed by atoms with van der Waals surface area (Å²) in [5, 5.41) is 5.70. The third kappa shape index (κ3) is 4.73. The van der Waals surface area contributed by atoms with Crippen LogP contribution in [0.2, 0.25) is 0 Å². The van der Waals surface area contributed by atoms with E-state index >= 15 is 0 Å². The molecule has 2 aromatic carbocycles. The second-order valence-electron chi connectivity index (χ2n) is 6.62. The van der Waals surface area contributed by atoms with E-state index in [1.54, 1.807) is 29.2 Å². The fourth-order valence-electron chi connectivity index (χ4n) is 3.20. The Bertz CT molecular complexity index is 836. The predicted molar refractivity (Wildman–Crippen MR) is 103 cm³/mol. The van der Waals surface area contributed by atoms with E-state index in [4.69, 9.17) is 0 Å². The van der Waals surface area contributed by atoms with Crippen LogP contribution in [-0.2, 0) is 11.3 Å². The molecule has 1 fully saturated rings. The molecule has 0 bridgehead atoms. The Morgan fingerprint density at radius 2 is 1.85 bits per heavy atom. The molecule has 1 heterocycles. The smallest absolute Gasteiger partial charge is 0.322 e. The minimum absolute atomic E-state index is 0.0644. The van der Waals surface area contributed by atoms with Crippen LogP contribution in [-0.4, -0.2) is 35.2 Å². The molecule has 0 aliphatic carbocycles. The van der Waals surface area contributed by atoms with E-state index in [-0.39, 0.29) is 17.7 Å². The van der Waals surface area contributed by atoms with Crippen LogP contribution >= 0.6 is 0 Å². The number of ketones is 1. The van der Waals surface area contributed by atoms with Gasteiger partial charge >= 0.3 is 6.03 Å². The summed E-state index contributed by atoms with van der Waals surface area (Å²) in [6.07, 6.45) is 1.42. The molecule has 0 spiro atoms. The number of carbonyl (C=O) groups is 3. The van der Waals surface area contributed by atoms with E-state index in [1.807, 2.05) is 30.3 Å². The number of rotatable bonds is 5. The highest BCUT2D eigenvalue weighted by molar-refractivity contribution is 5.97. The molecule has 0 unspecified atom stereocenters. The van der Waals surface area contributed by atoms with Crippen LogP contribution in [0.5, 0.6) is 0 Å². The highest BCUT2D eigenvalue weighted by Crippen LogP contribution is 2.20. The van der Waals surface area contributed by atoms with Gasteiger partial charge in [0.1, 0.15) is 6.04 Å². The van der Waals surface area contributed by atoms with Gasteiger partial charge in [-0.2, -0.15) is 0 Å². The van der Waals surface area contributed by atoms with Gasteiger partial charge in [0.05, 0.1) is 0 Å². The Hall–Kier alpha value is -3.15. The number of nitrogens with one attached hydrogen (secondary N) is 2. The van der Waals surface area contributed by atoms with Crippen molar-refractivity contribution in [1.29, 1.82) is 0 Å². The monoisotopic (exact) mass is 365 g/mol. The molecule has 0 saturated carbocycles. The van der Waals surface area contributed by atoms with E-state index in [0.717, 1.165) is 12.0 Å². The number of likely N-dealkylation sites (tertiary alicyclic amines) is 1. The lowest BCUT2D eigenvalue weighted by Crippen LogP contribution is -2.47. The molecule has 1 atom stereocenters. The molecule has 6 heteroatoms. The Balaban J connectivity index is 1.61. The molecule has 3 amide bonds. The predicted octanol–water partition coefficient (Wildman–Crippen LogP) is 3.20. The summed E-state index contributed by atoms with van der Waals surface area (Å²) in [6, 6.07) is 15.6. The number of hydrogen-bond acceptors (Lipinski definition) is 3. The van der Waals surface area contributed by atoms with Crippen molar-refractivity contribution in [1.82, 2.24) is 10.2 Å². The molecule has 6 nitrogen and oxygen atoms in total. The number of benzene rings is 2. The Morgan fingerprint density at radius 1 is 1.07 bits per heavy atom. The fourth-order valence-corrected chi connectivity index (χ4v) is 3.20. The maximum Gasteiger partial charge on any atom is 0.322 e. The topological polar surface area (TPSA) is 78.5 Å². The summed E-state index contributed by atoms with van der Waals surface area (Å²) >= 11 is 0. The third-order valence-electron chi connectivity index (χ3n) is 4.65.